The van der Waals surface area contributed by atoms with Crippen molar-refractivity contribution in [2.75, 3.05) is 18.0 Å². The molecule has 1 N–H and O–H groups in total. The summed E-state index contributed by atoms with van der Waals surface area (Å²) in [6.45, 7) is 8.60. The van der Waals surface area contributed by atoms with Gasteiger partial charge in [0.05, 0.1) is 11.1 Å². The summed E-state index contributed by atoms with van der Waals surface area (Å²) >= 11 is 0. The fourth-order valence-electron chi connectivity index (χ4n) is 5.44. The van der Waals surface area contributed by atoms with E-state index in [9.17, 15) is 19.2 Å². The number of amides is 4. The monoisotopic (exact) mass is 410 g/mol. The molecule has 8 nitrogen and oxygen atoms in total. The number of carbonyl (C=O) groups is 4. The SMILES string of the molecule is CC(C)(C)N1CC2CC1CN2c1ccc2c(c1)C(=O)N([C@@H]1CCC(=O)NC1=O)C2=O. The van der Waals surface area contributed by atoms with Crippen LogP contribution >= 0.6 is 0 Å². The van der Waals surface area contributed by atoms with E-state index in [0.717, 1.165) is 30.1 Å². The normalized spacial score (nSPS) is 29.1. The highest BCUT2D eigenvalue weighted by molar-refractivity contribution is 6.23. The van der Waals surface area contributed by atoms with Gasteiger partial charge in [0.2, 0.25) is 11.8 Å². The van der Waals surface area contributed by atoms with Gasteiger partial charge in [0.15, 0.2) is 0 Å². The Morgan fingerprint density at radius 2 is 1.70 bits per heavy atom. The second-order valence-electron chi connectivity index (χ2n) is 9.70. The first-order valence-electron chi connectivity index (χ1n) is 10.5. The zero-order chi connectivity index (χ0) is 21.4. The van der Waals surface area contributed by atoms with E-state index < -0.39 is 23.8 Å². The number of fused-ring (bicyclic) bond motifs is 3. The van der Waals surface area contributed by atoms with Crippen LogP contribution in [0.25, 0.3) is 0 Å². The Hall–Kier alpha value is -2.74. The van der Waals surface area contributed by atoms with Crippen LogP contribution in [0.1, 0.15) is 60.7 Å². The highest BCUT2D eigenvalue weighted by Crippen LogP contribution is 2.39. The Labute approximate surface area is 175 Å². The summed E-state index contributed by atoms with van der Waals surface area (Å²) in [6, 6.07) is 5.35. The van der Waals surface area contributed by atoms with Crippen LogP contribution in [0.15, 0.2) is 18.2 Å². The first-order valence-corrected chi connectivity index (χ1v) is 10.5. The van der Waals surface area contributed by atoms with Crippen molar-refractivity contribution in [3.8, 4) is 0 Å². The number of piperidine rings is 1. The van der Waals surface area contributed by atoms with Crippen LogP contribution in [0.3, 0.4) is 0 Å². The van der Waals surface area contributed by atoms with Gasteiger partial charge in [0.25, 0.3) is 11.8 Å². The van der Waals surface area contributed by atoms with Gasteiger partial charge in [-0.3, -0.25) is 34.3 Å². The molecule has 0 aromatic heterocycles. The second-order valence-corrected chi connectivity index (χ2v) is 9.70. The molecule has 4 aliphatic rings. The lowest BCUT2D eigenvalue weighted by atomic mass is 10.0. The molecule has 4 aliphatic heterocycles. The van der Waals surface area contributed by atoms with Gasteiger partial charge >= 0.3 is 0 Å². The maximum absolute atomic E-state index is 13.1. The van der Waals surface area contributed by atoms with E-state index >= 15 is 0 Å². The van der Waals surface area contributed by atoms with Crippen LogP contribution in [0.5, 0.6) is 0 Å². The van der Waals surface area contributed by atoms with E-state index in [1.807, 2.05) is 6.07 Å². The molecule has 4 heterocycles. The number of anilines is 1. The predicted octanol–water partition coefficient (Wildman–Crippen LogP) is 1.15. The molecule has 0 saturated carbocycles. The van der Waals surface area contributed by atoms with Crippen molar-refractivity contribution in [3.05, 3.63) is 29.3 Å². The number of likely N-dealkylation sites (tertiary alicyclic amines) is 1. The number of rotatable bonds is 2. The van der Waals surface area contributed by atoms with Crippen LogP contribution in [0.4, 0.5) is 5.69 Å². The minimum atomic E-state index is -0.929. The molecule has 8 heteroatoms. The number of benzene rings is 1. The number of imide groups is 2. The highest BCUT2D eigenvalue weighted by Gasteiger charge is 2.48. The van der Waals surface area contributed by atoms with Crippen molar-refractivity contribution in [3.63, 3.8) is 0 Å². The average Bonchev–Trinajstić information content (AvgIpc) is 3.35. The lowest BCUT2D eigenvalue weighted by Crippen LogP contribution is -2.54. The molecule has 1 aromatic rings. The van der Waals surface area contributed by atoms with Crippen LogP contribution in [0, 0.1) is 0 Å². The molecule has 2 unspecified atom stereocenters. The van der Waals surface area contributed by atoms with Crippen molar-refractivity contribution in [1.29, 1.82) is 0 Å². The molecule has 3 fully saturated rings. The topological polar surface area (TPSA) is 90.0 Å². The minimum absolute atomic E-state index is 0.121. The average molecular weight is 410 g/mol. The summed E-state index contributed by atoms with van der Waals surface area (Å²) in [5.41, 5.74) is 1.75. The van der Waals surface area contributed by atoms with Crippen LogP contribution < -0.4 is 10.2 Å². The van der Waals surface area contributed by atoms with Crippen LogP contribution in [-0.4, -0.2) is 70.2 Å². The molecule has 2 bridgehead atoms. The summed E-state index contributed by atoms with van der Waals surface area (Å²) in [5.74, 6) is -1.87. The van der Waals surface area contributed by atoms with E-state index in [2.05, 4.69) is 35.9 Å². The number of hydrogen-bond acceptors (Lipinski definition) is 6. The molecule has 0 spiro atoms. The molecule has 3 atom stereocenters. The Balaban J connectivity index is 1.39. The largest absolute Gasteiger partial charge is 0.366 e. The van der Waals surface area contributed by atoms with E-state index in [4.69, 9.17) is 0 Å². The van der Waals surface area contributed by atoms with Gasteiger partial charge in [-0.05, 0) is 51.8 Å². The first-order chi connectivity index (χ1) is 14.1. The van der Waals surface area contributed by atoms with Crippen molar-refractivity contribution >= 4 is 29.3 Å². The first kappa shape index (κ1) is 19.2. The predicted molar refractivity (Wildman–Crippen MR) is 109 cm³/mol. The number of nitrogens with one attached hydrogen (secondary N) is 1. The summed E-state index contributed by atoms with van der Waals surface area (Å²) in [6.07, 6.45) is 1.39. The van der Waals surface area contributed by atoms with E-state index in [-0.39, 0.29) is 24.3 Å². The molecule has 1 aromatic carbocycles. The highest BCUT2D eigenvalue weighted by atomic mass is 16.2. The third-order valence-corrected chi connectivity index (χ3v) is 6.86. The maximum Gasteiger partial charge on any atom is 0.262 e. The zero-order valence-corrected chi connectivity index (χ0v) is 17.5. The third kappa shape index (κ3) is 2.77. The zero-order valence-electron chi connectivity index (χ0n) is 17.5. The Bertz CT molecular complexity index is 982. The van der Waals surface area contributed by atoms with E-state index in [1.165, 1.54) is 0 Å². The van der Waals surface area contributed by atoms with Gasteiger partial charge in [0, 0.05) is 42.8 Å². The van der Waals surface area contributed by atoms with Gasteiger partial charge in [-0.25, -0.2) is 0 Å². The fraction of sp³-hybridized carbons (Fsp3) is 0.545. The number of hydrogen-bond donors (Lipinski definition) is 1. The second kappa shape index (κ2) is 6.38. The van der Waals surface area contributed by atoms with Gasteiger partial charge in [0.1, 0.15) is 6.04 Å². The summed E-state index contributed by atoms with van der Waals surface area (Å²) in [4.78, 5) is 55.5. The summed E-state index contributed by atoms with van der Waals surface area (Å²) < 4.78 is 0. The molecular formula is C22H26N4O4. The summed E-state index contributed by atoms with van der Waals surface area (Å²) in [5, 5.41) is 2.23. The van der Waals surface area contributed by atoms with Gasteiger partial charge in [-0.1, -0.05) is 0 Å². The number of carbonyl (C=O) groups excluding carboxylic acids is 4. The standard InChI is InChI=1S/C22H26N4O4/c1-22(2,3)25-11-13-8-14(25)10-24(13)12-4-5-15-16(9-12)21(30)26(20(15)29)17-6-7-18(27)23-19(17)28/h4-5,9,13-14,17H,6-8,10-11H2,1-3H3,(H,23,27,28)/t13?,14?,17-/m1/s1. The Morgan fingerprint density at radius 3 is 2.33 bits per heavy atom. The van der Waals surface area contributed by atoms with Crippen molar-refractivity contribution in [1.82, 2.24) is 15.1 Å². The number of nitrogens with zero attached hydrogens (tertiary/aromatic N) is 3. The lowest BCUT2D eigenvalue weighted by molar-refractivity contribution is -0.136. The lowest BCUT2D eigenvalue weighted by Gasteiger charge is -2.42. The molecule has 3 saturated heterocycles. The molecule has 5 rings (SSSR count). The third-order valence-electron chi connectivity index (χ3n) is 6.86. The van der Waals surface area contributed by atoms with Gasteiger partial charge in [-0.2, -0.15) is 0 Å². The Kier molecular flexibility index (Phi) is 4.09. The van der Waals surface area contributed by atoms with Crippen molar-refractivity contribution in [2.45, 2.75) is 63.7 Å². The maximum atomic E-state index is 13.1. The van der Waals surface area contributed by atoms with Crippen LogP contribution in [0.2, 0.25) is 0 Å². The molecule has 4 amide bonds. The van der Waals surface area contributed by atoms with E-state index in [1.54, 1.807) is 12.1 Å². The molecule has 0 radical (unpaired) electrons. The van der Waals surface area contributed by atoms with Crippen molar-refractivity contribution in [2.24, 2.45) is 0 Å². The molecule has 30 heavy (non-hydrogen) atoms. The fourth-order valence-corrected chi connectivity index (χ4v) is 5.44. The van der Waals surface area contributed by atoms with Gasteiger partial charge in [-0.15, -0.1) is 0 Å². The van der Waals surface area contributed by atoms with Crippen LogP contribution in [-0.2, 0) is 9.59 Å². The molecule has 0 aliphatic carbocycles. The molecular weight excluding hydrogens is 384 g/mol. The Morgan fingerprint density at radius 1 is 0.967 bits per heavy atom. The summed E-state index contributed by atoms with van der Waals surface area (Å²) in [7, 11) is 0. The molecule has 158 valence electrons. The smallest absolute Gasteiger partial charge is 0.262 e. The van der Waals surface area contributed by atoms with Gasteiger partial charge < -0.3 is 4.90 Å². The van der Waals surface area contributed by atoms with E-state index in [0.29, 0.717) is 23.2 Å². The quantitative estimate of drug-likeness (QED) is 0.736. The number of piperazine rings is 1. The minimum Gasteiger partial charge on any atom is -0.366 e. The van der Waals surface area contributed by atoms with Crippen molar-refractivity contribution < 1.29 is 19.2 Å².